The highest BCUT2D eigenvalue weighted by molar-refractivity contribution is 6.11. The number of nitrogen functional groups attached to an aromatic ring is 3. The summed E-state index contributed by atoms with van der Waals surface area (Å²) in [6, 6.07) is 32.6. The summed E-state index contributed by atoms with van der Waals surface area (Å²) in [7, 11) is 3.00. The number of benzene rings is 6. The van der Waals surface area contributed by atoms with Gasteiger partial charge in [-0.3, -0.25) is 14.4 Å². The molecule has 6 aromatic carbocycles. The van der Waals surface area contributed by atoms with E-state index in [1.807, 2.05) is 38.1 Å². The van der Waals surface area contributed by atoms with Crippen LogP contribution < -0.4 is 42.6 Å². The van der Waals surface area contributed by atoms with Crippen LogP contribution in [0.4, 0.5) is 42.9 Å². The van der Waals surface area contributed by atoms with Gasteiger partial charge in [-0.1, -0.05) is 48.5 Å². The third-order valence-electron chi connectivity index (χ3n) is 8.86. The fraction of sp³-hybridized carbons (Fsp3) is 0.0889. The van der Waals surface area contributed by atoms with E-state index in [1.54, 1.807) is 66.7 Å². The number of aryl methyl sites for hydroxylation is 2. The maximum atomic E-state index is 13.6. The fourth-order valence-electron chi connectivity index (χ4n) is 5.63. The molecule has 0 fully saturated rings. The molecule has 0 spiro atoms. The second-order valence-electron chi connectivity index (χ2n) is 12.9. The molecule has 302 valence electrons. The Balaban J connectivity index is 0.000000169. The zero-order valence-electron chi connectivity index (χ0n) is 32.6. The Kier molecular flexibility index (Phi) is 13.8. The molecule has 0 radical (unpaired) electrons. The summed E-state index contributed by atoms with van der Waals surface area (Å²) in [4.78, 5) is 36.1. The minimum Gasteiger partial charge on any atom is -0.494 e. The standard InChI is InChI=1S/C17H13FN2O.C15H15FN2O2.C13H14N2O3/c18-14-8-4-3-7-13(14)17(21)20-16-10-9-15(19)11-5-1-2-6-12(11)16;1-9-7-13(14(20-2)8-12(9)17)18-15(19)10-5-3-4-6-11(10)16;1-8-6-10(12(17-2)7-9(8)14)15-13(16)11-4-3-5-18-11/h1-10H,19H2,(H,20,21);3-8H,17H2,1-2H3,(H,18,19);3-7H,14H2,1-2H3,(H,15,16). The van der Waals surface area contributed by atoms with E-state index in [2.05, 4.69) is 16.0 Å². The van der Waals surface area contributed by atoms with Crippen LogP contribution in [-0.2, 0) is 0 Å². The number of carbonyl (C=O) groups is 3. The maximum Gasteiger partial charge on any atom is 0.291 e. The van der Waals surface area contributed by atoms with Crippen molar-refractivity contribution >= 4 is 62.6 Å². The lowest BCUT2D eigenvalue weighted by molar-refractivity contribution is 0.0992. The van der Waals surface area contributed by atoms with E-state index >= 15 is 0 Å². The first kappa shape index (κ1) is 42.3. The first-order valence-electron chi connectivity index (χ1n) is 17.9. The molecule has 0 unspecified atom stereocenters. The van der Waals surface area contributed by atoms with Crippen molar-refractivity contribution in [3.8, 4) is 11.5 Å². The Bertz CT molecular complexity index is 2620. The molecule has 14 heteroatoms. The second kappa shape index (κ2) is 19.3. The molecule has 0 saturated carbocycles. The molecular weight excluding hydrogens is 759 g/mol. The summed E-state index contributed by atoms with van der Waals surface area (Å²) >= 11 is 0. The van der Waals surface area contributed by atoms with Crippen molar-refractivity contribution in [2.45, 2.75) is 13.8 Å². The fourth-order valence-corrected chi connectivity index (χ4v) is 5.63. The molecule has 0 bridgehead atoms. The normalized spacial score (nSPS) is 10.3. The third kappa shape index (κ3) is 10.5. The molecule has 0 atom stereocenters. The minimum absolute atomic E-state index is 0.0124. The summed E-state index contributed by atoms with van der Waals surface area (Å²) < 4.78 is 42.5. The van der Waals surface area contributed by atoms with Gasteiger partial charge in [0.15, 0.2) is 5.76 Å². The van der Waals surface area contributed by atoms with Crippen molar-refractivity contribution in [2.75, 3.05) is 47.4 Å². The number of hydrogen-bond donors (Lipinski definition) is 6. The Labute approximate surface area is 338 Å². The lowest BCUT2D eigenvalue weighted by Gasteiger charge is -2.13. The van der Waals surface area contributed by atoms with Crippen LogP contribution in [0.2, 0.25) is 0 Å². The lowest BCUT2D eigenvalue weighted by atomic mass is 10.1. The third-order valence-corrected chi connectivity index (χ3v) is 8.86. The molecule has 1 aromatic heterocycles. The second-order valence-corrected chi connectivity index (χ2v) is 12.9. The zero-order valence-corrected chi connectivity index (χ0v) is 32.6. The van der Waals surface area contributed by atoms with E-state index in [-0.39, 0.29) is 22.8 Å². The molecule has 7 aromatic rings. The lowest BCUT2D eigenvalue weighted by Crippen LogP contribution is -2.14. The summed E-state index contributed by atoms with van der Waals surface area (Å²) in [6.07, 6.45) is 1.44. The predicted molar refractivity (Wildman–Crippen MR) is 228 cm³/mol. The predicted octanol–water partition coefficient (Wildman–Crippen LogP) is 9.22. The van der Waals surface area contributed by atoms with Crippen molar-refractivity contribution in [3.63, 3.8) is 0 Å². The van der Waals surface area contributed by atoms with Crippen LogP contribution >= 0.6 is 0 Å². The van der Waals surface area contributed by atoms with Crippen molar-refractivity contribution < 1.29 is 37.1 Å². The number of nitrogens with one attached hydrogen (secondary N) is 3. The van der Waals surface area contributed by atoms with Gasteiger partial charge in [0, 0.05) is 45.7 Å². The number of fused-ring (bicyclic) bond motifs is 1. The van der Waals surface area contributed by atoms with E-state index in [4.69, 9.17) is 31.1 Å². The summed E-state index contributed by atoms with van der Waals surface area (Å²) in [6.45, 7) is 3.67. The van der Waals surface area contributed by atoms with Crippen LogP contribution in [-0.4, -0.2) is 31.9 Å². The van der Waals surface area contributed by atoms with Crippen LogP contribution in [0.5, 0.6) is 11.5 Å². The summed E-state index contributed by atoms with van der Waals surface area (Å²) in [5.74, 6) is -1.29. The molecule has 9 N–H and O–H groups in total. The van der Waals surface area contributed by atoms with E-state index < -0.39 is 23.4 Å². The van der Waals surface area contributed by atoms with Gasteiger partial charge in [0.1, 0.15) is 23.1 Å². The molecule has 0 saturated heterocycles. The molecular formula is C45H42F2N6O6. The zero-order chi connectivity index (χ0) is 42.6. The highest BCUT2D eigenvalue weighted by atomic mass is 19.1. The Morgan fingerprint density at radius 1 is 0.525 bits per heavy atom. The molecule has 3 amide bonds. The number of ether oxygens (including phenoxy) is 2. The minimum atomic E-state index is -0.573. The molecule has 12 nitrogen and oxygen atoms in total. The van der Waals surface area contributed by atoms with E-state index in [0.29, 0.717) is 45.6 Å². The van der Waals surface area contributed by atoms with Gasteiger partial charge in [-0.25, -0.2) is 8.78 Å². The van der Waals surface area contributed by atoms with Crippen molar-refractivity contribution in [2.24, 2.45) is 0 Å². The molecule has 0 aliphatic heterocycles. The van der Waals surface area contributed by atoms with Gasteiger partial charge >= 0.3 is 0 Å². The van der Waals surface area contributed by atoms with Crippen molar-refractivity contribution in [3.05, 3.63) is 167 Å². The number of halogens is 2. The molecule has 7 rings (SSSR count). The first-order chi connectivity index (χ1) is 28.3. The van der Waals surface area contributed by atoms with Gasteiger partial charge < -0.3 is 47.0 Å². The molecule has 0 aliphatic carbocycles. The Morgan fingerprint density at radius 2 is 0.983 bits per heavy atom. The van der Waals surface area contributed by atoms with Gasteiger partial charge in [0.2, 0.25) is 0 Å². The number of nitrogens with two attached hydrogens (primary N) is 3. The molecule has 59 heavy (non-hydrogen) atoms. The monoisotopic (exact) mass is 800 g/mol. The van der Waals surface area contributed by atoms with E-state index in [1.165, 1.54) is 50.8 Å². The number of amides is 3. The summed E-state index contributed by atoms with van der Waals surface area (Å²) in [5, 5.41) is 9.75. The first-order valence-corrected chi connectivity index (χ1v) is 17.9. The van der Waals surface area contributed by atoms with Gasteiger partial charge in [-0.15, -0.1) is 0 Å². The number of carbonyl (C=O) groups excluding carboxylic acids is 3. The van der Waals surface area contributed by atoms with Crippen LogP contribution in [0.25, 0.3) is 10.8 Å². The van der Waals surface area contributed by atoms with Crippen molar-refractivity contribution in [1.82, 2.24) is 0 Å². The average molecular weight is 801 g/mol. The van der Waals surface area contributed by atoms with Crippen LogP contribution in [0.3, 0.4) is 0 Å². The highest BCUT2D eigenvalue weighted by Crippen LogP contribution is 2.32. The largest absolute Gasteiger partial charge is 0.494 e. The van der Waals surface area contributed by atoms with Gasteiger partial charge in [-0.2, -0.15) is 0 Å². The number of anilines is 6. The van der Waals surface area contributed by atoms with E-state index in [9.17, 15) is 23.2 Å². The number of furan rings is 1. The maximum absolute atomic E-state index is 13.6. The van der Waals surface area contributed by atoms with Crippen molar-refractivity contribution in [1.29, 1.82) is 0 Å². The summed E-state index contributed by atoms with van der Waals surface area (Å²) in [5.41, 5.74) is 22.6. The highest BCUT2D eigenvalue weighted by Gasteiger charge is 2.16. The Hall–Kier alpha value is -7.87. The topological polar surface area (TPSA) is 197 Å². The SMILES string of the molecule is COc1cc(N)c(C)cc1NC(=O)c1ccccc1F.COc1cc(N)c(C)cc1NC(=O)c1ccco1.Nc1ccc(NC(=O)c2ccccc2F)c2ccccc12. The van der Waals surface area contributed by atoms with Gasteiger partial charge in [0.25, 0.3) is 17.7 Å². The smallest absolute Gasteiger partial charge is 0.291 e. The van der Waals surface area contributed by atoms with E-state index in [0.717, 1.165) is 21.9 Å². The Morgan fingerprint density at radius 3 is 1.46 bits per heavy atom. The van der Waals surface area contributed by atoms with Crippen LogP contribution in [0, 0.1) is 25.5 Å². The molecule has 1 heterocycles. The number of rotatable bonds is 8. The molecule has 0 aliphatic rings. The average Bonchev–Trinajstić information content (AvgIpc) is 3.78. The van der Waals surface area contributed by atoms with Gasteiger partial charge in [-0.05, 0) is 85.6 Å². The van der Waals surface area contributed by atoms with Crippen LogP contribution in [0.1, 0.15) is 42.4 Å². The quantitative estimate of drug-likeness (QED) is 0.0812. The van der Waals surface area contributed by atoms with Crippen LogP contribution in [0.15, 0.2) is 132 Å². The van der Waals surface area contributed by atoms with Gasteiger partial charge in [0.05, 0.1) is 43.0 Å². The number of methoxy groups -OCH3 is 2. The number of hydrogen-bond acceptors (Lipinski definition) is 9.